The highest BCUT2D eigenvalue weighted by molar-refractivity contribution is 9.10. The number of rotatable bonds is 6. The summed E-state index contributed by atoms with van der Waals surface area (Å²) in [6, 6.07) is 9.76. The van der Waals surface area contributed by atoms with Crippen molar-refractivity contribution < 1.29 is 0 Å². The molecule has 0 aliphatic carbocycles. The maximum atomic E-state index is 3.72. The molecule has 0 radical (unpaired) electrons. The van der Waals surface area contributed by atoms with Crippen LogP contribution in [0, 0.1) is 0 Å². The first-order chi connectivity index (χ1) is 7.71. The van der Waals surface area contributed by atoms with E-state index in [0.717, 1.165) is 10.9 Å². The van der Waals surface area contributed by atoms with Crippen molar-refractivity contribution in [3.05, 3.63) is 34.3 Å². The van der Waals surface area contributed by atoms with Crippen LogP contribution in [-0.2, 0) is 0 Å². The summed E-state index contributed by atoms with van der Waals surface area (Å²) in [5.74, 6) is 0. The standard InChI is InChI=1S/C14H22BrN/c1-4-13(5-2)16-14(6-3)11-7-9-12(15)10-8-11/h7-10,13-14,16H,4-6H2,1-3H3. The molecule has 1 nitrogen and oxygen atoms in total. The van der Waals surface area contributed by atoms with Gasteiger partial charge in [-0.1, -0.05) is 48.8 Å². The van der Waals surface area contributed by atoms with E-state index < -0.39 is 0 Å². The molecule has 90 valence electrons. The Labute approximate surface area is 108 Å². The van der Waals surface area contributed by atoms with Crippen LogP contribution in [0.3, 0.4) is 0 Å². The first-order valence-corrected chi connectivity index (χ1v) is 7.02. The van der Waals surface area contributed by atoms with Gasteiger partial charge in [0.05, 0.1) is 0 Å². The zero-order valence-corrected chi connectivity index (χ0v) is 12.0. The van der Waals surface area contributed by atoms with Crippen molar-refractivity contribution in [2.75, 3.05) is 0 Å². The Kier molecular flexibility index (Phi) is 6.07. The first kappa shape index (κ1) is 13.7. The molecule has 0 fully saturated rings. The number of benzene rings is 1. The molecule has 1 aromatic carbocycles. The van der Waals surface area contributed by atoms with E-state index in [0.29, 0.717) is 12.1 Å². The maximum Gasteiger partial charge on any atom is 0.0320 e. The van der Waals surface area contributed by atoms with E-state index in [1.165, 1.54) is 18.4 Å². The number of nitrogens with one attached hydrogen (secondary N) is 1. The van der Waals surface area contributed by atoms with Gasteiger partial charge >= 0.3 is 0 Å². The van der Waals surface area contributed by atoms with Crippen LogP contribution in [0.5, 0.6) is 0 Å². The van der Waals surface area contributed by atoms with Crippen LogP contribution in [0.15, 0.2) is 28.7 Å². The maximum absolute atomic E-state index is 3.72. The second-order valence-corrected chi connectivity index (χ2v) is 5.11. The van der Waals surface area contributed by atoms with Crippen LogP contribution in [0.25, 0.3) is 0 Å². The fraction of sp³-hybridized carbons (Fsp3) is 0.571. The van der Waals surface area contributed by atoms with Gasteiger partial charge in [0.2, 0.25) is 0 Å². The average Bonchev–Trinajstić information content (AvgIpc) is 2.32. The van der Waals surface area contributed by atoms with Crippen LogP contribution < -0.4 is 5.32 Å². The Morgan fingerprint density at radius 3 is 2.00 bits per heavy atom. The van der Waals surface area contributed by atoms with E-state index in [9.17, 15) is 0 Å². The van der Waals surface area contributed by atoms with Crippen molar-refractivity contribution in [3.8, 4) is 0 Å². The zero-order valence-electron chi connectivity index (χ0n) is 10.5. The minimum Gasteiger partial charge on any atom is -0.307 e. The van der Waals surface area contributed by atoms with Gasteiger partial charge < -0.3 is 5.32 Å². The molecule has 0 aromatic heterocycles. The smallest absolute Gasteiger partial charge is 0.0320 e. The van der Waals surface area contributed by atoms with Gasteiger partial charge in [-0.25, -0.2) is 0 Å². The van der Waals surface area contributed by atoms with Gasteiger partial charge in [-0.3, -0.25) is 0 Å². The SMILES string of the molecule is CCC(CC)NC(CC)c1ccc(Br)cc1. The van der Waals surface area contributed by atoms with Crippen molar-refractivity contribution in [2.24, 2.45) is 0 Å². The molecule has 1 unspecified atom stereocenters. The second kappa shape index (κ2) is 7.08. The molecule has 0 saturated heterocycles. The summed E-state index contributed by atoms with van der Waals surface area (Å²) in [7, 11) is 0. The molecule has 0 amide bonds. The van der Waals surface area contributed by atoms with Gasteiger partial charge in [0.25, 0.3) is 0 Å². The van der Waals surface area contributed by atoms with Gasteiger partial charge in [0.1, 0.15) is 0 Å². The van der Waals surface area contributed by atoms with Gasteiger partial charge in [-0.05, 0) is 37.0 Å². The van der Waals surface area contributed by atoms with Crippen LogP contribution in [0.4, 0.5) is 0 Å². The molecule has 0 bridgehead atoms. The van der Waals surface area contributed by atoms with E-state index in [2.05, 4.69) is 66.3 Å². The summed E-state index contributed by atoms with van der Waals surface area (Å²) < 4.78 is 1.15. The third-order valence-corrected chi connectivity index (χ3v) is 3.63. The third-order valence-electron chi connectivity index (χ3n) is 3.10. The molecule has 0 aliphatic heterocycles. The molecule has 2 heteroatoms. The summed E-state index contributed by atoms with van der Waals surface area (Å²) >= 11 is 3.47. The highest BCUT2D eigenvalue weighted by atomic mass is 79.9. The third kappa shape index (κ3) is 3.91. The molecule has 1 atom stereocenters. The summed E-state index contributed by atoms with van der Waals surface area (Å²) in [5, 5.41) is 3.72. The van der Waals surface area contributed by atoms with E-state index in [1.807, 2.05) is 0 Å². The molecule has 0 saturated carbocycles. The Morgan fingerprint density at radius 1 is 1.00 bits per heavy atom. The molecule has 0 spiro atoms. The van der Waals surface area contributed by atoms with Crippen molar-refractivity contribution in [2.45, 2.75) is 52.1 Å². The molecule has 1 rings (SSSR count). The molecular formula is C14H22BrN. The quantitative estimate of drug-likeness (QED) is 0.800. The van der Waals surface area contributed by atoms with Gasteiger partial charge in [-0.15, -0.1) is 0 Å². The highest BCUT2D eigenvalue weighted by Gasteiger charge is 2.12. The van der Waals surface area contributed by atoms with E-state index in [1.54, 1.807) is 0 Å². The van der Waals surface area contributed by atoms with Gasteiger partial charge in [-0.2, -0.15) is 0 Å². The van der Waals surface area contributed by atoms with E-state index in [-0.39, 0.29) is 0 Å². The van der Waals surface area contributed by atoms with Crippen molar-refractivity contribution in [3.63, 3.8) is 0 Å². The molecule has 1 aromatic rings. The lowest BCUT2D eigenvalue weighted by atomic mass is 10.0. The topological polar surface area (TPSA) is 12.0 Å². The lowest BCUT2D eigenvalue weighted by molar-refractivity contribution is 0.407. The molecular weight excluding hydrogens is 262 g/mol. The lowest BCUT2D eigenvalue weighted by Gasteiger charge is -2.23. The van der Waals surface area contributed by atoms with Crippen LogP contribution in [-0.4, -0.2) is 6.04 Å². The Bertz CT molecular complexity index is 290. The normalized spacial score (nSPS) is 13.1. The lowest BCUT2D eigenvalue weighted by Crippen LogP contribution is -2.31. The Morgan fingerprint density at radius 2 is 1.56 bits per heavy atom. The van der Waals surface area contributed by atoms with Crippen molar-refractivity contribution in [1.29, 1.82) is 0 Å². The predicted molar refractivity (Wildman–Crippen MR) is 74.7 cm³/mol. The van der Waals surface area contributed by atoms with E-state index >= 15 is 0 Å². The van der Waals surface area contributed by atoms with Crippen molar-refractivity contribution >= 4 is 15.9 Å². The first-order valence-electron chi connectivity index (χ1n) is 6.22. The molecule has 0 heterocycles. The monoisotopic (exact) mass is 283 g/mol. The summed E-state index contributed by atoms with van der Waals surface area (Å²) in [4.78, 5) is 0. The fourth-order valence-corrected chi connectivity index (χ4v) is 2.22. The summed E-state index contributed by atoms with van der Waals surface area (Å²) in [6.07, 6.45) is 3.53. The second-order valence-electron chi connectivity index (χ2n) is 4.19. The van der Waals surface area contributed by atoms with Crippen molar-refractivity contribution in [1.82, 2.24) is 5.32 Å². The van der Waals surface area contributed by atoms with E-state index in [4.69, 9.17) is 0 Å². The minimum absolute atomic E-state index is 0.484. The highest BCUT2D eigenvalue weighted by Crippen LogP contribution is 2.20. The van der Waals surface area contributed by atoms with Gasteiger partial charge in [0, 0.05) is 16.6 Å². The molecule has 16 heavy (non-hydrogen) atoms. The average molecular weight is 284 g/mol. The minimum atomic E-state index is 0.484. The number of halogens is 1. The zero-order chi connectivity index (χ0) is 12.0. The number of hydrogen-bond acceptors (Lipinski definition) is 1. The predicted octanol–water partition coefficient (Wildman–Crippen LogP) is 4.68. The van der Waals surface area contributed by atoms with Crippen LogP contribution >= 0.6 is 15.9 Å². The number of hydrogen-bond donors (Lipinski definition) is 1. The Balaban J connectivity index is 2.70. The van der Waals surface area contributed by atoms with Crippen LogP contribution in [0.2, 0.25) is 0 Å². The largest absolute Gasteiger partial charge is 0.307 e. The van der Waals surface area contributed by atoms with Gasteiger partial charge in [0.15, 0.2) is 0 Å². The molecule has 0 aliphatic rings. The fourth-order valence-electron chi connectivity index (χ4n) is 1.95. The summed E-state index contributed by atoms with van der Waals surface area (Å²) in [5.41, 5.74) is 1.39. The molecule has 1 N–H and O–H groups in total. The summed E-state index contributed by atoms with van der Waals surface area (Å²) in [6.45, 7) is 6.73. The Hall–Kier alpha value is -0.340. The van der Waals surface area contributed by atoms with Crippen LogP contribution in [0.1, 0.15) is 51.6 Å².